The first-order valence-electron chi connectivity index (χ1n) is 13.7. The maximum atomic E-state index is 13.7. The molecule has 0 atom stereocenters. The molecule has 3 amide bonds. The fourth-order valence-electron chi connectivity index (χ4n) is 4.37. The number of nitrogens with zero attached hydrogens (tertiary/aromatic N) is 3. The molecule has 0 unspecified atom stereocenters. The van der Waals surface area contributed by atoms with Crippen LogP contribution in [0, 0.1) is 5.92 Å². The lowest BCUT2D eigenvalue weighted by Crippen LogP contribution is -2.46. The van der Waals surface area contributed by atoms with Crippen LogP contribution < -0.4 is 10.1 Å². The highest BCUT2D eigenvalue weighted by atomic mass is 35.5. The Bertz CT molecular complexity index is 1210. The van der Waals surface area contributed by atoms with Crippen molar-refractivity contribution >= 4 is 29.2 Å². The standard InChI is InChI=1S/C31H41ClN4O4/c1-5-40-28-15-13-26(14-16-28)33-31(38)35(18-9-19-39-4)23-30(37)36(20-24(2)3)22-27-11-8-17-34(27)21-25-10-6-7-12-29(25)32/h6-8,10-17,24H,5,9,18-23H2,1-4H3,(H,33,38). The smallest absolute Gasteiger partial charge is 0.322 e. The Kier molecular flexibility index (Phi) is 12.4. The normalized spacial score (nSPS) is 10.9. The highest BCUT2D eigenvalue weighted by molar-refractivity contribution is 6.31. The zero-order chi connectivity index (χ0) is 28.9. The van der Waals surface area contributed by atoms with E-state index in [4.69, 9.17) is 21.1 Å². The minimum atomic E-state index is -0.333. The number of halogens is 1. The quantitative estimate of drug-likeness (QED) is 0.223. The summed E-state index contributed by atoms with van der Waals surface area (Å²) < 4.78 is 12.8. The van der Waals surface area contributed by atoms with Crippen LogP contribution in [0.2, 0.25) is 5.02 Å². The first-order valence-corrected chi connectivity index (χ1v) is 14.1. The van der Waals surface area contributed by atoms with Gasteiger partial charge in [-0.1, -0.05) is 43.6 Å². The van der Waals surface area contributed by atoms with Crippen LogP contribution in [0.1, 0.15) is 38.4 Å². The summed E-state index contributed by atoms with van der Waals surface area (Å²) in [5.41, 5.74) is 2.64. The second kappa shape index (κ2) is 15.9. The Hall–Kier alpha value is -3.49. The molecule has 40 heavy (non-hydrogen) atoms. The van der Waals surface area contributed by atoms with Gasteiger partial charge in [0.15, 0.2) is 0 Å². The van der Waals surface area contributed by atoms with E-state index in [0.29, 0.717) is 56.5 Å². The lowest BCUT2D eigenvalue weighted by molar-refractivity contribution is -0.133. The van der Waals surface area contributed by atoms with Crippen molar-refractivity contribution in [1.82, 2.24) is 14.4 Å². The average Bonchev–Trinajstić information content (AvgIpc) is 3.36. The number of benzene rings is 2. The van der Waals surface area contributed by atoms with Gasteiger partial charge in [-0.3, -0.25) is 4.79 Å². The van der Waals surface area contributed by atoms with Gasteiger partial charge in [-0.05, 0) is 67.3 Å². The SMILES string of the molecule is CCOc1ccc(NC(=O)N(CCCOC)CC(=O)N(Cc2cccn2Cc2ccccc2Cl)CC(C)C)cc1. The van der Waals surface area contributed by atoms with Gasteiger partial charge in [0.2, 0.25) is 5.91 Å². The Labute approximate surface area is 242 Å². The first-order chi connectivity index (χ1) is 19.3. The van der Waals surface area contributed by atoms with Crippen molar-refractivity contribution in [3.8, 4) is 5.75 Å². The van der Waals surface area contributed by atoms with E-state index in [1.165, 1.54) is 0 Å². The van der Waals surface area contributed by atoms with Gasteiger partial charge in [0.1, 0.15) is 12.3 Å². The summed E-state index contributed by atoms with van der Waals surface area (Å²) in [6.45, 7) is 9.11. The number of amides is 3. The van der Waals surface area contributed by atoms with Crippen LogP contribution in [0.3, 0.4) is 0 Å². The number of methoxy groups -OCH3 is 1. The van der Waals surface area contributed by atoms with Gasteiger partial charge >= 0.3 is 6.03 Å². The van der Waals surface area contributed by atoms with E-state index >= 15 is 0 Å². The Balaban J connectivity index is 1.73. The number of nitrogens with one attached hydrogen (secondary N) is 1. The molecule has 2 aromatic carbocycles. The van der Waals surface area contributed by atoms with E-state index in [0.717, 1.165) is 17.0 Å². The van der Waals surface area contributed by atoms with Crippen molar-refractivity contribution in [2.24, 2.45) is 5.92 Å². The molecular formula is C31H41ClN4O4. The van der Waals surface area contributed by atoms with Crippen molar-refractivity contribution in [2.75, 3.05) is 45.3 Å². The van der Waals surface area contributed by atoms with E-state index in [2.05, 4.69) is 23.7 Å². The Morgan fingerprint density at radius 3 is 2.45 bits per heavy atom. The average molecular weight is 569 g/mol. The molecule has 9 heteroatoms. The molecular weight excluding hydrogens is 528 g/mol. The highest BCUT2D eigenvalue weighted by Crippen LogP contribution is 2.19. The maximum Gasteiger partial charge on any atom is 0.322 e. The van der Waals surface area contributed by atoms with Gasteiger partial charge in [0.05, 0.1) is 13.2 Å². The number of hydrogen-bond donors (Lipinski definition) is 1. The van der Waals surface area contributed by atoms with Crippen molar-refractivity contribution in [3.63, 3.8) is 0 Å². The molecule has 0 radical (unpaired) electrons. The number of rotatable bonds is 15. The summed E-state index contributed by atoms with van der Waals surface area (Å²) in [4.78, 5) is 30.3. The maximum absolute atomic E-state index is 13.7. The first kappa shape index (κ1) is 31.0. The van der Waals surface area contributed by atoms with E-state index in [-0.39, 0.29) is 24.4 Å². The van der Waals surface area contributed by atoms with E-state index in [1.807, 2.05) is 66.6 Å². The minimum Gasteiger partial charge on any atom is -0.494 e. The molecule has 216 valence electrons. The summed E-state index contributed by atoms with van der Waals surface area (Å²) in [5, 5.41) is 3.62. The second-order valence-corrected chi connectivity index (χ2v) is 10.4. The topological polar surface area (TPSA) is 76.0 Å². The lowest BCUT2D eigenvalue weighted by atomic mass is 10.2. The molecule has 3 aromatic rings. The van der Waals surface area contributed by atoms with Crippen LogP contribution in [0.25, 0.3) is 0 Å². The number of anilines is 1. The van der Waals surface area contributed by atoms with Gasteiger partial charge in [-0.2, -0.15) is 0 Å². The predicted octanol–water partition coefficient (Wildman–Crippen LogP) is 6.14. The summed E-state index contributed by atoms with van der Waals surface area (Å²) in [6, 6.07) is 18.6. The monoisotopic (exact) mass is 568 g/mol. The zero-order valence-electron chi connectivity index (χ0n) is 23.9. The highest BCUT2D eigenvalue weighted by Gasteiger charge is 2.23. The molecule has 0 fully saturated rings. The van der Waals surface area contributed by atoms with Crippen molar-refractivity contribution in [3.05, 3.63) is 83.1 Å². The summed E-state index contributed by atoms with van der Waals surface area (Å²) in [5.74, 6) is 0.880. The molecule has 0 saturated heterocycles. The third kappa shape index (κ3) is 9.61. The number of ether oxygens (including phenoxy) is 2. The number of urea groups is 1. The predicted molar refractivity (Wildman–Crippen MR) is 160 cm³/mol. The van der Waals surface area contributed by atoms with Gasteiger partial charge in [-0.15, -0.1) is 0 Å². The molecule has 0 aliphatic carbocycles. The van der Waals surface area contributed by atoms with Crippen LogP contribution in [0.15, 0.2) is 66.9 Å². The third-order valence-electron chi connectivity index (χ3n) is 6.32. The minimum absolute atomic E-state index is 0.0372. The van der Waals surface area contributed by atoms with Gasteiger partial charge in [0, 0.05) is 56.0 Å². The number of hydrogen-bond acceptors (Lipinski definition) is 4. The van der Waals surface area contributed by atoms with Crippen LogP contribution in [-0.4, -0.2) is 66.3 Å². The van der Waals surface area contributed by atoms with Crippen molar-refractivity contribution in [1.29, 1.82) is 0 Å². The largest absolute Gasteiger partial charge is 0.494 e. The molecule has 0 aliphatic rings. The van der Waals surface area contributed by atoms with E-state index < -0.39 is 0 Å². The molecule has 0 bridgehead atoms. The zero-order valence-corrected chi connectivity index (χ0v) is 24.7. The fraction of sp³-hybridized carbons (Fsp3) is 0.419. The summed E-state index contributed by atoms with van der Waals surface area (Å²) >= 11 is 6.40. The molecule has 0 saturated carbocycles. The van der Waals surface area contributed by atoms with E-state index in [1.54, 1.807) is 24.1 Å². The van der Waals surface area contributed by atoms with E-state index in [9.17, 15) is 9.59 Å². The van der Waals surface area contributed by atoms with Crippen molar-refractivity contribution < 1.29 is 19.1 Å². The van der Waals surface area contributed by atoms with Gasteiger partial charge in [0.25, 0.3) is 0 Å². The van der Waals surface area contributed by atoms with Crippen molar-refractivity contribution in [2.45, 2.75) is 40.3 Å². The van der Waals surface area contributed by atoms with Crippen LogP contribution >= 0.6 is 11.6 Å². The number of carbonyl (C=O) groups excluding carboxylic acids is 2. The van der Waals surface area contributed by atoms with Gasteiger partial charge in [-0.25, -0.2) is 4.79 Å². The molecule has 1 aromatic heterocycles. The number of aromatic nitrogens is 1. The van der Waals surface area contributed by atoms with Gasteiger partial charge < -0.3 is 29.2 Å². The molecule has 3 rings (SSSR count). The summed E-state index contributed by atoms with van der Waals surface area (Å²) in [7, 11) is 1.62. The molecule has 0 aliphatic heterocycles. The molecule has 1 N–H and O–H groups in total. The second-order valence-electron chi connectivity index (χ2n) is 10.0. The number of carbonyl (C=O) groups is 2. The molecule has 1 heterocycles. The Morgan fingerprint density at radius 2 is 1.77 bits per heavy atom. The van der Waals surface area contributed by atoms with Crippen LogP contribution in [0.4, 0.5) is 10.5 Å². The van der Waals surface area contributed by atoms with Crippen LogP contribution in [-0.2, 0) is 22.6 Å². The molecule has 8 nitrogen and oxygen atoms in total. The lowest BCUT2D eigenvalue weighted by Gasteiger charge is -2.29. The van der Waals surface area contributed by atoms with Crippen LogP contribution in [0.5, 0.6) is 5.75 Å². The Morgan fingerprint density at radius 1 is 1.02 bits per heavy atom. The third-order valence-corrected chi connectivity index (χ3v) is 6.69. The fourth-order valence-corrected chi connectivity index (χ4v) is 4.56. The summed E-state index contributed by atoms with van der Waals surface area (Å²) in [6.07, 6.45) is 2.61. The molecule has 0 spiro atoms.